The van der Waals surface area contributed by atoms with Gasteiger partial charge in [-0.15, -0.1) is 24.0 Å². The highest BCUT2D eigenvalue weighted by Gasteiger charge is 2.23. The number of thiol groups is 1. The van der Waals surface area contributed by atoms with Gasteiger partial charge >= 0.3 is 0 Å². The topological polar surface area (TPSA) is 20.3 Å². The Hall–Kier alpha value is -0.780. The number of thiophene rings is 1. The van der Waals surface area contributed by atoms with Gasteiger partial charge in [-0.25, -0.2) is 0 Å². The van der Waals surface area contributed by atoms with E-state index in [0.717, 1.165) is 22.3 Å². The Balaban J connectivity index is 1.85. The minimum Gasteiger partial charge on any atom is -0.334 e. The van der Waals surface area contributed by atoms with Crippen LogP contribution in [0.15, 0.2) is 39.0 Å². The predicted octanol–water partition coefficient (Wildman–Crippen LogP) is 4.00. The van der Waals surface area contributed by atoms with Gasteiger partial charge in [0.1, 0.15) is 0 Å². The van der Waals surface area contributed by atoms with E-state index in [9.17, 15) is 4.79 Å². The quantitative estimate of drug-likeness (QED) is 0.768. The molecule has 1 aromatic carbocycles. The molecular weight excluding hydrogens is 342 g/mol. The molecule has 1 amide bonds. The number of rotatable bonds is 1. The van der Waals surface area contributed by atoms with E-state index in [1.807, 2.05) is 23.1 Å². The molecule has 1 aliphatic heterocycles. The van der Waals surface area contributed by atoms with Crippen molar-refractivity contribution in [3.63, 3.8) is 0 Å². The number of benzene rings is 1. The molecule has 98 valence electrons. The Bertz CT molecular complexity index is 638. The lowest BCUT2D eigenvalue weighted by atomic mass is 10.1. The molecule has 0 saturated heterocycles. The second-order valence-electron chi connectivity index (χ2n) is 4.51. The molecule has 0 aliphatic carbocycles. The molecule has 0 radical (unpaired) electrons. The highest BCUT2D eigenvalue weighted by molar-refractivity contribution is 9.10. The molecular formula is C14H12BrNOS2. The molecule has 1 aromatic heterocycles. The third-order valence-electron chi connectivity index (χ3n) is 3.29. The van der Waals surface area contributed by atoms with Crippen molar-refractivity contribution in [1.82, 2.24) is 4.90 Å². The van der Waals surface area contributed by atoms with Crippen molar-refractivity contribution in [2.45, 2.75) is 17.9 Å². The average molecular weight is 354 g/mol. The maximum atomic E-state index is 12.5. The van der Waals surface area contributed by atoms with Gasteiger partial charge in [0, 0.05) is 27.3 Å². The van der Waals surface area contributed by atoms with E-state index in [0.29, 0.717) is 12.1 Å². The molecule has 5 heteroatoms. The maximum absolute atomic E-state index is 12.5. The van der Waals surface area contributed by atoms with E-state index in [2.05, 4.69) is 40.0 Å². The summed E-state index contributed by atoms with van der Waals surface area (Å²) in [5, 5.41) is 2.10. The molecule has 2 nitrogen and oxygen atoms in total. The first-order valence-electron chi connectivity index (χ1n) is 5.98. The predicted molar refractivity (Wildman–Crippen MR) is 84.2 cm³/mol. The van der Waals surface area contributed by atoms with Gasteiger partial charge in [-0.1, -0.05) is 15.9 Å². The second kappa shape index (κ2) is 5.31. The van der Waals surface area contributed by atoms with Gasteiger partial charge in [-0.05, 0) is 41.6 Å². The van der Waals surface area contributed by atoms with Crippen molar-refractivity contribution in [3.05, 3.63) is 50.1 Å². The summed E-state index contributed by atoms with van der Waals surface area (Å²) in [7, 11) is 0. The van der Waals surface area contributed by atoms with Gasteiger partial charge in [0.05, 0.1) is 5.56 Å². The lowest BCUT2D eigenvalue weighted by Gasteiger charge is -2.27. The number of fused-ring (bicyclic) bond motifs is 1. The van der Waals surface area contributed by atoms with E-state index in [1.165, 1.54) is 10.4 Å². The largest absolute Gasteiger partial charge is 0.334 e. The zero-order valence-corrected chi connectivity index (χ0v) is 13.4. The SMILES string of the molecule is O=C(c1ccc(Br)cc1S)N1CCc2sccc2C1. The molecule has 2 aromatic rings. The summed E-state index contributed by atoms with van der Waals surface area (Å²) in [6.45, 7) is 1.50. The number of nitrogens with zero attached hydrogens (tertiary/aromatic N) is 1. The molecule has 3 rings (SSSR count). The van der Waals surface area contributed by atoms with Crippen molar-refractivity contribution < 1.29 is 4.79 Å². The minimum atomic E-state index is 0.0642. The lowest BCUT2D eigenvalue weighted by Crippen LogP contribution is -2.35. The van der Waals surface area contributed by atoms with Crippen LogP contribution >= 0.6 is 39.9 Å². The normalized spacial score (nSPS) is 14.3. The van der Waals surface area contributed by atoms with Crippen LogP contribution in [0.4, 0.5) is 0 Å². The van der Waals surface area contributed by atoms with Crippen molar-refractivity contribution >= 4 is 45.8 Å². The van der Waals surface area contributed by atoms with Crippen molar-refractivity contribution in [1.29, 1.82) is 0 Å². The molecule has 0 fully saturated rings. The number of hydrogen-bond acceptors (Lipinski definition) is 3. The number of amides is 1. The Morgan fingerprint density at radius 3 is 3.00 bits per heavy atom. The summed E-state index contributed by atoms with van der Waals surface area (Å²) >= 11 is 9.56. The summed E-state index contributed by atoms with van der Waals surface area (Å²) in [4.78, 5) is 16.6. The standard InChI is InChI=1S/C14H12BrNOS2/c15-10-1-2-11(12(18)7-10)14(17)16-5-3-13-9(8-16)4-6-19-13/h1-2,4,6-7,18H,3,5,8H2. The fourth-order valence-electron chi connectivity index (χ4n) is 2.28. The van der Waals surface area contributed by atoms with Crippen LogP contribution in [0, 0.1) is 0 Å². The smallest absolute Gasteiger partial charge is 0.255 e. The van der Waals surface area contributed by atoms with E-state index in [1.54, 1.807) is 11.3 Å². The van der Waals surface area contributed by atoms with Gasteiger partial charge in [0.2, 0.25) is 0 Å². The first kappa shape index (κ1) is 13.2. The molecule has 0 bridgehead atoms. The van der Waals surface area contributed by atoms with Gasteiger partial charge in [-0.3, -0.25) is 4.79 Å². The summed E-state index contributed by atoms with van der Waals surface area (Å²) in [5.74, 6) is 0.0642. The minimum absolute atomic E-state index is 0.0642. The van der Waals surface area contributed by atoms with Crippen LogP contribution in [0.3, 0.4) is 0 Å². The van der Waals surface area contributed by atoms with Gasteiger partial charge in [-0.2, -0.15) is 0 Å². The van der Waals surface area contributed by atoms with Crippen molar-refractivity contribution in [2.75, 3.05) is 6.54 Å². The molecule has 0 unspecified atom stereocenters. The van der Waals surface area contributed by atoms with Gasteiger partial charge in [0.15, 0.2) is 0 Å². The molecule has 2 heterocycles. The third-order valence-corrected chi connectivity index (χ3v) is 5.17. The summed E-state index contributed by atoms with van der Waals surface area (Å²) in [6.07, 6.45) is 0.956. The lowest BCUT2D eigenvalue weighted by molar-refractivity contribution is 0.0732. The zero-order valence-electron chi connectivity index (χ0n) is 10.1. The fourth-order valence-corrected chi connectivity index (χ4v) is 4.01. The first-order valence-corrected chi connectivity index (χ1v) is 8.10. The summed E-state index contributed by atoms with van der Waals surface area (Å²) in [6, 6.07) is 7.68. The molecule has 0 spiro atoms. The van der Waals surface area contributed by atoms with Crippen LogP contribution in [-0.2, 0) is 13.0 Å². The van der Waals surface area contributed by atoms with Gasteiger partial charge < -0.3 is 4.90 Å². The summed E-state index contributed by atoms with van der Waals surface area (Å²) < 4.78 is 0.938. The van der Waals surface area contributed by atoms with Crippen LogP contribution in [0.1, 0.15) is 20.8 Å². The van der Waals surface area contributed by atoms with E-state index in [-0.39, 0.29) is 5.91 Å². The molecule has 0 atom stereocenters. The van der Waals surface area contributed by atoms with Crippen LogP contribution in [-0.4, -0.2) is 17.4 Å². The second-order valence-corrected chi connectivity index (χ2v) is 6.91. The first-order chi connectivity index (χ1) is 9.15. The number of carbonyl (C=O) groups excluding carboxylic acids is 1. The van der Waals surface area contributed by atoms with E-state index >= 15 is 0 Å². The van der Waals surface area contributed by atoms with Gasteiger partial charge in [0.25, 0.3) is 5.91 Å². The Kier molecular flexibility index (Phi) is 3.69. The number of carbonyl (C=O) groups is 1. The third kappa shape index (κ3) is 2.59. The Morgan fingerprint density at radius 1 is 1.37 bits per heavy atom. The molecule has 19 heavy (non-hydrogen) atoms. The number of hydrogen-bond donors (Lipinski definition) is 1. The van der Waals surface area contributed by atoms with Crippen LogP contribution < -0.4 is 0 Å². The number of halogens is 1. The molecule has 1 aliphatic rings. The van der Waals surface area contributed by atoms with Crippen molar-refractivity contribution in [3.8, 4) is 0 Å². The van der Waals surface area contributed by atoms with E-state index < -0.39 is 0 Å². The molecule has 0 saturated carbocycles. The van der Waals surface area contributed by atoms with Crippen LogP contribution in [0.5, 0.6) is 0 Å². The Morgan fingerprint density at radius 2 is 2.21 bits per heavy atom. The Labute approximate surface area is 130 Å². The average Bonchev–Trinajstić information content (AvgIpc) is 2.85. The monoisotopic (exact) mass is 353 g/mol. The van der Waals surface area contributed by atoms with Crippen molar-refractivity contribution in [2.24, 2.45) is 0 Å². The fraction of sp³-hybridized carbons (Fsp3) is 0.214. The van der Waals surface area contributed by atoms with Crippen LogP contribution in [0.25, 0.3) is 0 Å². The maximum Gasteiger partial charge on any atom is 0.255 e. The highest BCUT2D eigenvalue weighted by atomic mass is 79.9. The van der Waals surface area contributed by atoms with E-state index in [4.69, 9.17) is 0 Å². The molecule has 0 N–H and O–H groups in total. The highest BCUT2D eigenvalue weighted by Crippen LogP contribution is 2.27. The van der Waals surface area contributed by atoms with Crippen LogP contribution in [0.2, 0.25) is 0 Å². The zero-order chi connectivity index (χ0) is 13.4. The summed E-state index contributed by atoms with van der Waals surface area (Å²) in [5.41, 5.74) is 1.95.